The SMILES string of the molecule is O=c1[nH]cnc2nc([C@H]3C[C@H](O)[C@@H](CO)O3)[nH]c12. The fourth-order valence-electron chi connectivity index (χ4n) is 2.08. The highest BCUT2D eigenvalue weighted by Gasteiger charge is 2.36. The Bertz CT molecular complexity index is 622. The van der Waals surface area contributed by atoms with E-state index in [1.807, 2.05) is 0 Å². The zero-order valence-electron chi connectivity index (χ0n) is 9.33. The molecule has 1 aliphatic rings. The first-order valence-electron chi connectivity index (χ1n) is 5.56. The van der Waals surface area contributed by atoms with Gasteiger partial charge in [0.05, 0.1) is 19.0 Å². The van der Waals surface area contributed by atoms with Crippen molar-refractivity contribution in [3.63, 3.8) is 0 Å². The minimum Gasteiger partial charge on any atom is -0.394 e. The highest BCUT2D eigenvalue weighted by atomic mass is 16.5. The summed E-state index contributed by atoms with van der Waals surface area (Å²) in [5.41, 5.74) is 0.272. The second-order valence-corrected chi connectivity index (χ2v) is 4.20. The van der Waals surface area contributed by atoms with E-state index in [1.54, 1.807) is 0 Å². The summed E-state index contributed by atoms with van der Waals surface area (Å²) in [7, 11) is 0. The number of rotatable bonds is 2. The summed E-state index contributed by atoms with van der Waals surface area (Å²) in [4.78, 5) is 24.9. The van der Waals surface area contributed by atoms with Gasteiger partial charge in [0.25, 0.3) is 5.56 Å². The number of nitrogens with zero attached hydrogens (tertiary/aromatic N) is 2. The van der Waals surface area contributed by atoms with Crippen LogP contribution in [0.5, 0.6) is 0 Å². The predicted molar refractivity (Wildman–Crippen MR) is 59.8 cm³/mol. The molecule has 0 spiro atoms. The van der Waals surface area contributed by atoms with E-state index in [0.717, 1.165) is 0 Å². The minimum absolute atomic E-state index is 0.253. The van der Waals surface area contributed by atoms with Crippen LogP contribution in [-0.4, -0.2) is 49.0 Å². The largest absolute Gasteiger partial charge is 0.394 e. The molecule has 0 amide bonds. The summed E-state index contributed by atoms with van der Waals surface area (Å²) in [6, 6.07) is 0. The van der Waals surface area contributed by atoms with Gasteiger partial charge in [-0.25, -0.2) is 9.97 Å². The maximum absolute atomic E-state index is 11.5. The third-order valence-corrected chi connectivity index (χ3v) is 3.02. The number of nitrogens with one attached hydrogen (secondary N) is 2. The smallest absolute Gasteiger partial charge is 0.276 e. The molecule has 2 aromatic heterocycles. The zero-order chi connectivity index (χ0) is 12.7. The van der Waals surface area contributed by atoms with Crippen molar-refractivity contribution in [2.75, 3.05) is 6.61 Å². The van der Waals surface area contributed by atoms with Crippen LogP contribution in [0.4, 0.5) is 0 Å². The number of hydrogen-bond donors (Lipinski definition) is 4. The summed E-state index contributed by atoms with van der Waals surface area (Å²) in [5, 5.41) is 18.6. The van der Waals surface area contributed by atoms with Gasteiger partial charge in [-0.2, -0.15) is 0 Å². The van der Waals surface area contributed by atoms with E-state index in [9.17, 15) is 9.90 Å². The topological polar surface area (TPSA) is 124 Å². The van der Waals surface area contributed by atoms with E-state index in [2.05, 4.69) is 19.9 Å². The molecule has 0 bridgehead atoms. The lowest BCUT2D eigenvalue weighted by atomic mass is 10.1. The van der Waals surface area contributed by atoms with Gasteiger partial charge in [-0.3, -0.25) is 4.79 Å². The third-order valence-electron chi connectivity index (χ3n) is 3.02. The number of imidazole rings is 1. The Kier molecular flexibility index (Phi) is 2.62. The van der Waals surface area contributed by atoms with Crippen molar-refractivity contribution in [1.82, 2.24) is 19.9 Å². The molecule has 8 nitrogen and oxygen atoms in total. The van der Waals surface area contributed by atoms with Crippen molar-refractivity contribution < 1.29 is 14.9 Å². The van der Waals surface area contributed by atoms with E-state index in [1.165, 1.54) is 6.33 Å². The lowest BCUT2D eigenvalue weighted by molar-refractivity contribution is -0.0244. The molecular weight excluding hydrogens is 240 g/mol. The Morgan fingerprint density at radius 3 is 3.06 bits per heavy atom. The second kappa shape index (κ2) is 4.16. The maximum Gasteiger partial charge on any atom is 0.276 e. The van der Waals surface area contributed by atoms with Gasteiger partial charge in [0.15, 0.2) is 11.2 Å². The number of aromatic amines is 2. The molecule has 3 atom stereocenters. The van der Waals surface area contributed by atoms with Crippen LogP contribution in [0.3, 0.4) is 0 Å². The summed E-state index contributed by atoms with van der Waals surface area (Å²) in [5.74, 6) is 0.434. The molecule has 0 unspecified atom stereocenters. The highest BCUT2D eigenvalue weighted by molar-refractivity contribution is 5.68. The molecule has 96 valence electrons. The van der Waals surface area contributed by atoms with Crippen molar-refractivity contribution >= 4 is 11.2 Å². The van der Waals surface area contributed by atoms with Crippen LogP contribution in [0.1, 0.15) is 18.3 Å². The molecule has 2 aromatic rings. The number of aliphatic hydroxyl groups is 2. The van der Waals surface area contributed by atoms with Crippen LogP contribution in [0, 0.1) is 0 Å². The normalized spacial score (nSPS) is 28.0. The van der Waals surface area contributed by atoms with Crippen LogP contribution in [0.2, 0.25) is 0 Å². The van der Waals surface area contributed by atoms with Gasteiger partial charge in [0.1, 0.15) is 18.0 Å². The van der Waals surface area contributed by atoms with Gasteiger partial charge in [0, 0.05) is 6.42 Å². The Morgan fingerprint density at radius 1 is 1.56 bits per heavy atom. The van der Waals surface area contributed by atoms with E-state index in [-0.39, 0.29) is 17.7 Å². The summed E-state index contributed by atoms with van der Waals surface area (Å²) in [6.45, 7) is -0.253. The molecular formula is C10H12N4O4. The molecule has 0 saturated carbocycles. The number of aromatic nitrogens is 4. The Morgan fingerprint density at radius 2 is 2.39 bits per heavy atom. The molecule has 0 aliphatic carbocycles. The first-order valence-corrected chi connectivity index (χ1v) is 5.56. The van der Waals surface area contributed by atoms with Gasteiger partial charge in [-0.1, -0.05) is 0 Å². The molecule has 0 aromatic carbocycles. The first kappa shape index (κ1) is 11.3. The van der Waals surface area contributed by atoms with Gasteiger partial charge in [-0.05, 0) is 0 Å². The second-order valence-electron chi connectivity index (χ2n) is 4.20. The molecule has 18 heavy (non-hydrogen) atoms. The van der Waals surface area contributed by atoms with Gasteiger partial charge in [-0.15, -0.1) is 0 Å². The van der Waals surface area contributed by atoms with Crippen LogP contribution < -0.4 is 5.56 Å². The number of fused-ring (bicyclic) bond motifs is 1. The van der Waals surface area contributed by atoms with Gasteiger partial charge >= 0.3 is 0 Å². The fraction of sp³-hybridized carbons (Fsp3) is 0.500. The van der Waals surface area contributed by atoms with E-state index in [0.29, 0.717) is 17.9 Å². The number of hydrogen-bond acceptors (Lipinski definition) is 6. The maximum atomic E-state index is 11.5. The quantitative estimate of drug-likeness (QED) is 0.534. The Hall–Kier alpha value is -1.77. The lowest BCUT2D eigenvalue weighted by Crippen LogP contribution is -2.24. The summed E-state index contributed by atoms with van der Waals surface area (Å²) < 4.78 is 5.44. The van der Waals surface area contributed by atoms with Gasteiger partial charge < -0.3 is 24.9 Å². The molecule has 3 rings (SSSR count). The van der Waals surface area contributed by atoms with Crippen LogP contribution >= 0.6 is 0 Å². The Balaban J connectivity index is 1.96. The van der Waals surface area contributed by atoms with Gasteiger partial charge in [0.2, 0.25) is 0 Å². The lowest BCUT2D eigenvalue weighted by Gasteiger charge is -2.09. The van der Waals surface area contributed by atoms with Crippen LogP contribution in [-0.2, 0) is 4.74 Å². The van der Waals surface area contributed by atoms with Crippen molar-refractivity contribution in [3.05, 3.63) is 22.5 Å². The summed E-state index contributed by atoms with van der Waals surface area (Å²) in [6.07, 6.45) is -0.223. The summed E-state index contributed by atoms with van der Waals surface area (Å²) >= 11 is 0. The monoisotopic (exact) mass is 252 g/mol. The van der Waals surface area contributed by atoms with Crippen molar-refractivity contribution in [2.24, 2.45) is 0 Å². The predicted octanol–water partition coefficient (Wildman–Crippen LogP) is -1.17. The molecule has 1 aliphatic heterocycles. The molecule has 3 heterocycles. The van der Waals surface area contributed by atoms with E-state index in [4.69, 9.17) is 9.84 Å². The third kappa shape index (κ3) is 1.70. The molecule has 8 heteroatoms. The first-order chi connectivity index (χ1) is 8.69. The average Bonchev–Trinajstić information content (AvgIpc) is 2.93. The fourth-order valence-corrected chi connectivity index (χ4v) is 2.08. The standard InChI is InChI=1S/C10H12N4O4/c15-2-6-4(16)1-5(18-6)8-13-7-9(14-8)11-3-12-10(7)17/h3-6,15-16H,1-2H2,(H2,11,12,13,14,17)/t4-,5+,6+/m0/s1. The number of aliphatic hydroxyl groups excluding tert-OH is 2. The number of H-pyrrole nitrogens is 2. The zero-order valence-corrected chi connectivity index (χ0v) is 9.33. The van der Waals surface area contributed by atoms with Crippen LogP contribution in [0.15, 0.2) is 11.1 Å². The van der Waals surface area contributed by atoms with E-state index >= 15 is 0 Å². The minimum atomic E-state index is -0.737. The molecule has 4 N–H and O–H groups in total. The van der Waals surface area contributed by atoms with E-state index < -0.39 is 18.3 Å². The molecule has 1 fully saturated rings. The average molecular weight is 252 g/mol. The van der Waals surface area contributed by atoms with Crippen LogP contribution in [0.25, 0.3) is 11.2 Å². The molecule has 0 radical (unpaired) electrons. The molecule has 1 saturated heterocycles. The highest BCUT2D eigenvalue weighted by Crippen LogP contribution is 2.31. The van der Waals surface area contributed by atoms with Crippen molar-refractivity contribution in [1.29, 1.82) is 0 Å². The van der Waals surface area contributed by atoms with Crippen molar-refractivity contribution in [2.45, 2.75) is 24.7 Å². The van der Waals surface area contributed by atoms with Crippen molar-refractivity contribution in [3.8, 4) is 0 Å². The Labute approximate surface area is 101 Å². The number of ether oxygens (including phenoxy) is 1.